The van der Waals surface area contributed by atoms with Gasteiger partial charge in [0, 0.05) is 25.9 Å². The first-order chi connectivity index (χ1) is 9.05. The van der Waals surface area contributed by atoms with Crippen molar-refractivity contribution < 1.29 is 13.2 Å². The standard InChI is InChI=1S/C11H18N4O3S/c1-9-8-15(6-3-7-18-9)19(16,17)10-4-2-5-13-11(10)14-12/h2,4-5,9H,3,6-8,12H2,1H3,(H,13,14). The Morgan fingerprint density at radius 2 is 2.37 bits per heavy atom. The van der Waals surface area contributed by atoms with E-state index in [0.29, 0.717) is 26.1 Å². The van der Waals surface area contributed by atoms with Crippen LogP contribution in [0.15, 0.2) is 23.2 Å². The summed E-state index contributed by atoms with van der Waals surface area (Å²) in [6, 6.07) is 3.07. The van der Waals surface area contributed by atoms with Gasteiger partial charge in [-0.2, -0.15) is 4.31 Å². The maximum atomic E-state index is 12.6. The average Bonchev–Trinajstić information content (AvgIpc) is 2.64. The molecule has 2 heterocycles. The summed E-state index contributed by atoms with van der Waals surface area (Å²) in [5, 5.41) is 0. The molecule has 106 valence electrons. The van der Waals surface area contributed by atoms with Crippen molar-refractivity contribution in [3.63, 3.8) is 0 Å². The fraction of sp³-hybridized carbons (Fsp3) is 0.545. The van der Waals surface area contributed by atoms with Crippen molar-refractivity contribution >= 4 is 15.8 Å². The molecule has 19 heavy (non-hydrogen) atoms. The minimum Gasteiger partial charge on any atom is -0.377 e. The molecule has 0 amide bonds. The summed E-state index contributed by atoms with van der Waals surface area (Å²) in [5.74, 6) is 5.47. The van der Waals surface area contributed by atoms with Crippen molar-refractivity contribution in [2.75, 3.05) is 25.1 Å². The van der Waals surface area contributed by atoms with Crippen LogP contribution < -0.4 is 11.3 Å². The number of nitrogens with one attached hydrogen (secondary N) is 1. The van der Waals surface area contributed by atoms with Gasteiger partial charge in [0.25, 0.3) is 0 Å². The van der Waals surface area contributed by atoms with Crippen LogP contribution in [0.3, 0.4) is 0 Å². The van der Waals surface area contributed by atoms with Crippen LogP contribution in [0.4, 0.5) is 5.82 Å². The Kier molecular flexibility index (Phi) is 4.35. The highest BCUT2D eigenvalue weighted by molar-refractivity contribution is 7.89. The molecule has 1 saturated heterocycles. The minimum atomic E-state index is -3.61. The SMILES string of the molecule is CC1CN(S(=O)(=O)c2cccnc2NN)CCCO1. The number of pyridine rings is 1. The van der Waals surface area contributed by atoms with Gasteiger partial charge in [-0.25, -0.2) is 19.2 Å². The molecular weight excluding hydrogens is 268 g/mol. The fourth-order valence-corrected chi connectivity index (χ4v) is 3.68. The monoisotopic (exact) mass is 286 g/mol. The van der Waals surface area contributed by atoms with E-state index < -0.39 is 10.0 Å². The zero-order chi connectivity index (χ0) is 13.9. The lowest BCUT2D eigenvalue weighted by molar-refractivity contribution is 0.0752. The van der Waals surface area contributed by atoms with Crippen LogP contribution in [0.1, 0.15) is 13.3 Å². The Hall–Kier alpha value is -1.22. The van der Waals surface area contributed by atoms with Gasteiger partial charge in [0.1, 0.15) is 4.90 Å². The highest BCUT2D eigenvalue weighted by atomic mass is 32.2. The number of nitrogen functional groups attached to an aromatic ring is 1. The average molecular weight is 286 g/mol. The minimum absolute atomic E-state index is 0.0894. The van der Waals surface area contributed by atoms with Crippen LogP contribution in [0.5, 0.6) is 0 Å². The zero-order valence-corrected chi connectivity index (χ0v) is 11.6. The van der Waals surface area contributed by atoms with Gasteiger partial charge in [-0.05, 0) is 25.5 Å². The van der Waals surface area contributed by atoms with Crippen molar-refractivity contribution in [1.29, 1.82) is 0 Å². The molecule has 8 heteroatoms. The molecule has 7 nitrogen and oxygen atoms in total. The second-order valence-electron chi connectivity index (χ2n) is 4.39. The smallest absolute Gasteiger partial charge is 0.246 e. The molecule has 0 spiro atoms. The van der Waals surface area contributed by atoms with E-state index in [1.54, 1.807) is 6.07 Å². The van der Waals surface area contributed by atoms with Crippen LogP contribution in [-0.4, -0.2) is 43.5 Å². The van der Waals surface area contributed by atoms with Gasteiger partial charge in [0.05, 0.1) is 6.10 Å². The molecular formula is C11H18N4O3S. The Balaban J connectivity index is 2.35. The molecule has 0 radical (unpaired) electrons. The molecule has 0 bridgehead atoms. The third-order valence-electron chi connectivity index (χ3n) is 2.94. The lowest BCUT2D eigenvalue weighted by Gasteiger charge is -2.22. The number of anilines is 1. The molecule has 0 aromatic carbocycles. The summed E-state index contributed by atoms with van der Waals surface area (Å²) in [5.41, 5.74) is 2.32. The topological polar surface area (TPSA) is 97.6 Å². The molecule has 1 aromatic rings. The van der Waals surface area contributed by atoms with Crippen LogP contribution >= 0.6 is 0 Å². The lowest BCUT2D eigenvalue weighted by Crippen LogP contribution is -2.36. The summed E-state index contributed by atoms with van der Waals surface area (Å²) in [6.45, 7) is 3.20. The van der Waals surface area contributed by atoms with E-state index in [4.69, 9.17) is 10.6 Å². The number of ether oxygens (including phenoxy) is 1. The molecule has 1 unspecified atom stereocenters. The molecule has 1 aliphatic heterocycles. The van der Waals surface area contributed by atoms with Gasteiger partial charge in [-0.15, -0.1) is 0 Å². The van der Waals surface area contributed by atoms with E-state index in [1.165, 1.54) is 16.6 Å². The molecule has 1 aliphatic rings. The number of nitrogens with zero attached hydrogens (tertiary/aromatic N) is 2. The summed E-state index contributed by atoms with van der Waals surface area (Å²) in [6.07, 6.45) is 2.04. The van der Waals surface area contributed by atoms with Crippen molar-refractivity contribution in [2.45, 2.75) is 24.3 Å². The number of sulfonamides is 1. The summed E-state index contributed by atoms with van der Waals surface area (Å²) in [7, 11) is -3.61. The third-order valence-corrected chi connectivity index (χ3v) is 4.84. The van der Waals surface area contributed by atoms with Crippen LogP contribution in [0.2, 0.25) is 0 Å². The van der Waals surface area contributed by atoms with E-state index in [0.717, 1.165) is 0 Å². The number of hydrogen-bond acceptors (Lipinski definition) is 6. The molecule has 1 atom stereocenters. The molecule has 2 rings (SSSR count). The Morgan fingerprint density at radius 1 is 1.58 bits per heavy atom. The molecule has 1 fully saturated rings. The fourth-order valence-electron chi connectivity index (χ4n) is 2.02. The van der Waals surface area contributed by atoms with Crippen molar-refractivity contribution in [2.24, 2.45) is 5.84 Å². The molecule has 0 aliphatic carbocycles. The summed E-state index contributed by atoms with van der Waals surface area (Å²) in [4.78, 5) is 4.02. The van der Waals surface area contributed by atoms with E-state index in [-0.39, 0.29) is 16.8 Å². The van der Waals surface area contributed by atoms with Gasteiger partial charge < -0.3 is 10.2 Å². The predicted octanol–water partition coefficient (Wildman–Crippen LogP) is 0.167. The van der Waals surface area contributed by atoms with Crippen molar-refractivity contribution in [3.8, 4) is 0 Å². The first-order valence-corrected chi connectivity index (χ1v) is 7.53. The van der Waals surface area contributed by atoms with E-state index in [1.807, 2.05) is 6.92 Å². The largest absolute Gasteiger partial charge is 0.377 e. The highest BCUT2D eigenvalue weighted by Crippen LogP contribution is 2.23. The van der Waals surface area contributed by atoms with Gasteiger partial charge in [-0.1, -0.05) is 0 Å². The Bertz CT molecular complexity index is 534. The quantitative estimate of drug-likeness (QED) is 0.607. The number of nitrogens with two attached hydrogens (primary N) is 1. The summed E-state index contributed by atoms with van der Waals surface area (Å²) < 4.78 is 32.1. The Labute approximate surface area is 112 Å². The van der Waals surface area contributed by atoms with Gasteiger partial charge >= 0.3 is 0 Å². The third kappa shape index (κ3) is 3.03. The molecule has 0 saturated carbocycles. The van der Waals surface area contributed by atoms with Crippen molar-refractivity contribution in [3.05, 3.63) is 18.3 Å². The van der Waals surface area contributed by atoms with Gasteiger partial charge in [0.2, 0.25) is 10.0 Å². The normalized spacial score (nSPS) is 21.9. The maximum Gasteiger partial charge on any atom is 0.246 e. The number of rotatable bonds is 3. The second kappa shape index (κ2) is 5.83. The van der Waals surface area contributed by atoms with E-state index in [2.05, 4.69) is 10.4 Å². The number of hydrogen-bond donors (Lipinski definition) is 2. The molecule has 1 aromatic heterocycles. The lowest BCUT2D eigenvalue weighted by atomic mass is 10.4. The first kappa shape index (κ1) is 14.2. The number of hydrazine groups is 1. The zero-order valence-electron chi connectivity index (χ0n) is 10.7. The predicted molar refractivity (Wildman–Crippen MR) is 70.8 cm³/mol. The molecule has 3 N–H and O–H groups in total. The highest BCUT2D eigenvalue weighted by Gasteiger charge is 2.30. The van der Waals surface area contributed by atoms with Gasteiger partial charge in [0.15, 0.2) is 5.82 Å². The van der Waals surface area contributed by atoms with Crippen LogP contribution in [-0.2, 0) is 14.8 Å². The summed E-state index contributed by atoms with van der Waals surface area (Å²) >= 11 is 0. The van der Waals surface area contributed by atoms with E-state index >= 15 is 0 Å². The van der Waals surface area contributed by atoms with Crippen molar-refractivity contribution in [1.82, 2.24) is 9.29 Å². The number of aromatic nitrogens is 1. The van der Waals surface area contributed by atoms with E-state index in [9.17, 15) is 8.42 Å². The van der Waals surface area contributed by atoms with Gasteiger partial charge in [-0.3, -0.25) is 0 Å². The van der Waals surface area contributed by atoms with Crippen LogP contribution in [0.25, 0.3) is 0 Å². The second-order valence-corrected chi connectivity index (χ2v) is 6.30. The first-order valence-electron chi connectivity index (χ1n) is 6.09. The maximum absolute atomic E-state index is 12.6. The Morgan fingerprint density at radius 3 is 3.11 bits per heavy atom. The van der Waals surface area contributed by atoms with Crippen LogP contribution in [0, 0.1) is 0 Å².